The molecule has 1 saturated heterocycles. The molecule has 0 aromatic heterocycles. The molecule has 0 aliphatic carbocycles. The molecule has 2 N–H and O–H groups in total. The minimum Gasteiger partial charge on any atom is -1.00 e. The first kappa shape index (κ1) is 31.5. The van der Waals surface area contributed by atoms with Crippen molar-refractivity contribution in [3.63, 3.8) is 0 Å². The normalized spacial score (nSPS) is 21.1. The van der Waals surface area contributed by atoms with E-state index in [0.717, 1.165) is 43.2 Å². The van der Waals surface area contributed by atoms with Crippen LogP contribution in [-0.4, -0.2) is 38.4 Å². The van der Waals surface area contributed by atoms with E-state index in [0.29, 0.717) is 18.1 Å². The van der Waals surface area contributed by atoms with E-state index >= 15 is 0 Å². The first-order valence-electron chi connectivity index (χ1n) is 10.0. The molecule has 9 heteroatoms. The number of nitrogens with one attached hydrogen (secondary N) is 1. The molecule has 32 heavy (non-hydrogen) atoms. The predicted molar refractivity (Wildman–Crippen MR) is 128 cm³/mol. The molecule has 2 aliphatic rings. The van der Waals surface area contributed by atoms with Crippen molar-refractivity contribution in [2.45, 2.75) is 57.7 Å². The third-order valence-electron chi connectivity index (χ3n) is 5.15. The Kier molecular flexibility index (Phi) is 15.2. The Bertz CT molecular complexity index is 896. The standard InChI is InChI=1S/C11H13ClFN.C11H11ClFN.CH4O.B.Na.H/c2*1-7-2-5-11(14-7)8-3-4-10(13)9(12)6-8;1-2;;;/h3-4,6-7,11,14H,2,5H2,1H3;3-4,6-7H,2,5H2,1H3;2H,1H3;;;/q;;;;+1;-1. The van der Waals surface area contributed by atoms with E-state index in [9.17, 15) is 8.78 Å². The summed E-state index contributed by atoms with van der Waals surface area (Å²) in [5.74, 6) is -0.719. The zero-order chi connectivity index (χ0) is 22.3. The number of aliphatic hydroxyl groups excluding tert-OH is 1. The minimum atomic E-state index is -0.373. The van der Waals surface area contributed by atoms with Gasteiger partial charge in [-0.1, -0.05) is 35.3 Å². The van der Waals surface area contributed by atoms with Crippen molar-refractivity contribution in [2.24, 2.45) is 4.99 Å². The maximum Gasteiger partial charge on any atom is 1.00 e. The Morgan fingerprint density at radius 2 is 1.56 bits per heavy atom. The van der Waals surface area contributed by atoms with Crippen LogP contribution in [0, 0.1) is 11.6 Å². The van der Waals surface area contributed by atoms with Crippen LogP contribution in [-0.2, 0) is 0 Å². The van der Waals surface area contributed by atoms with Gasteiger partial charge in [-0.3, -0.25) is 4.99 Å². The van der Waals surface area contributed by atoms with Gasteiger partial charge < -0.3 is 11.8 Å². The van der Waals surface area contributed by atoms with Gasteiger partial charge in [-0.25, -0.2) is 8.78 Å². The van der Waals surface area contributed by atoms with Crippen molar-refractivity contribution in [2.75, 3.05) is 7.11 Å². The maximum absolute atomic E-state index is 12.9. The summed E-state index contributed by atoms with van der Waals surface area (Å²) < 4.78 is 25.8. The van der Waals surface area contributed by atoms with E-state index in [1.807, 2.05) is 0 Å². The number of rotatable bonds is 2. The Morgan fingerprint density at radius 3 is 2.03 bits per heavy atom. The van der Waals surface area contributed by atoms with Crippen LogP contribution in [0.2, 0.25) is 10.0 Å². The van der Waals surface area contributed by atoms with Crippen molar-refractivity contribution >= 4 is 37.3 Å². The van der Waals surface area contributed by atoms with Gasteiger partial charge in [0.05, 0.1) is 10.0 Å². The number of hydrogen-bond donors (Lipinski definition) is 2. The summed E-state index contributed by atoms with van der Waals surface area (Å²) >= 11 is 11.4. The van der Waals surface area contributed by atoms with Crippen molar-refractivity contribution in [3.05, 3.63) is 69.2 Å². The molecule has 3 nitrogen and oxygen atoms in total. The molecular weight excluding hydrogens is 463 g/mol. The van der Waals surface area contributed by atoms with Gasteiger partial charge in [-0.05, 0) is 74.9 Å². The summed E-state index contributed by atoms with van der Waals surface area (Å²) in [6.45, 7) is 4.24. The van der Waals surface area contributed by atoms with Crippen molar-refractivity contribution < 1.29 is 44.9 Å². The molecule has 2 aliphatic heterocycles. The number of halogens is 4. The van der Waals surface area contributed by atoms with E-state index in [1.54, 1.807) is 24.3 Å². The molecule has 2 heterocycles. The van der Waals surface area contributed by atoms with Crippen LogP contribution in [0.1, 0.15) is 58.1 Å². The molecular formula is C23H29BCl2F2N2NaO. The summed E-state index contributed by atoms with van der Waals surface area (Å²) in [7, 11) is 1.00. The van der Waals surface area contributed by atoms with Crippen molar-refractivity contribution in [3.8, 4) is 0 Å². The summed E-state index contributed by atoms with van der Waals surface area (Å²) in [6.07, 6.45) is 4.30. The van der Waals surface area contributed by atoms with Gasteiger partial charge in [0.1, 0.15) is 11.6 Å². The number of aliphatic imine (C=N–C) groups is 1. The third-order valence-corrected chi connectivity index (χ3v) is 5.73. The molecule has 4 rings (SSSR count). The third kappa shape index (κ3) is 9.05. The molecule has 0 spiro atoms. The van der Waals surface area contributed by atoms with E-state index in [4.69, 9.17) is 28.3 Å². The SMILES string of the molecule is CC1CCC(c2ccc(F)c(Cl)c2)=N1.CC1CCC(c2ccc(F)c(Cl)c2)N1.CO.[B].[H-].[Na+]. The van der Waals surface area contributed by atoms with Gasteiger partial charge in [0.25, 0.3) is 0 Å². The molecule has 0 saturated carbocycles. The van der Waals surface area contributed by atoms with Crippen LogP contribution in [0.4, 0.5) is 8.78 Å². The second-order valence-corrected chi connectivity index (χ2v) is 8.28. The molecule has 3 atom stereocenters. The zero-order valence-electron chi connectivity index (χ0n) is 20.0. The van der Waals surface area contributed by atoms with Crippen LogP contribution in [0.25, 0.3) is 0 Å². The van der Waals surface area contributed by atoms with Gasteiger partial charge in [0.2, 0.25) is 0 Å². The minimum absolute atomic E-state index is 0. The topological polar surface area (TPSA) is 44.6 Å². The fourth-order valence-electron chi connectivity index (χ4n) is 3.55. The van der Waals surface area contributed by atoms with E-state index in [2.05, 4.69) is 24.2 Å². The molecule has 2 aromatic carbocycles. The number of nitrogens with zero attached hydrogens (tertiary/aromatic N) is 1. The van der Waals surface area contributed by atoms with Crippen LogP contribution in [0.15, 0.2) is 41.4 Å². The van der Waals surface area contributed by atoms with E-state index in [-0.39, 0.29) is 61.1 Å². The first-order valence-corrected chi connectivity index (χ1v) is 10.8. The second kappa shape index (κ2) is 15.4. The number of benzene rings is 2. The number of aliphatic hydroxyl groups is 1. The van der Waals surface area contributed by atoms with Gasteiger partial charge in [-0.15, -0.1) is 0 Å². The fraction of sp³-hybridized carbons (Fsp3) is 0.435. The maximum atomic E-state index is 12.9. The Morgan fingerprint density at radius 1 is 0.969 bits per heavy atom. The van der Waals surface area contributed by atoms with Crippen LogP contribution in [0.5, 0.6) is 0 Å². The summed E-state index contributed by atoms with van der Waals surface area (Å²) in [4.78, 5) is 4.47. The average Bonchev–Trinajstić information content (AvgIpc) is 3.37. The summed E-state index contributed by atoms with van der Waals surface area (Å²) in [6, 6.07) is 11.0. The van der Waals surface area contributed by atoms with Gasteiger partial charge >= 0.3 is 29.6 Å². The van der Waals surface area contributed by atoms with Crippen LogP contribution in [0.3, 0.4) is 0 Å². The second-order valence-electron chi connectivity index (χ2n) is 7.46. The van der Waals surface area contributed by atoms with Crippen LogP contribution >= 0.6 is 23.2 Å². The van der Waals surface area contributed by atoms with E-state index < -0.39 is 0 Å². The van der Waals surface area contributed by atoms with Crippen molar-refractivity contribution in [1.29, 1.82) is 0 Å². The monoisotopic (exact) mass is 491 g/mol. The first-order chi connectivity index (χ1) is 14.3. The molecule has 169 valence electrons. The van der Waals surface area contributed by atoms with Crippen molar-refractivity contribution in [1.82, 2.24) is 5.32 Å². The van der Waals surface area contributed by atoms with Gasteiger partial charge in [0, 0.05) is 39.4 Å². The Balaban J connectivity index is 0. The van der Waals surface area contributed by atoms with Crippen LogP contribution < -0.4 is 34.9 Å². The Hall–Kier alpha value is -0.465. The molecule has 3 unspecified atom stereocenters. The van der Waals surface area contributed by atoms with Gasteiger partial charge in [-0.2, -0.15) is 0 Å². The predicted octanol–water partition coefficient (Wildman–Crippen LogP) is 3.09. The molecule has 0 amide bonds. The average molecular weight is 492 g/mol. The Labute approximate surface area is 225 Å². The quantitative estimate of drug-likeness (QED) is 0.634. The molecule has 2 aromatic rings. The van der Waals surface area contributed by atoms with E-state index in [1.165, 1.54) is 18.6 Å². The fourth-order valence-corrected chi connectivity index (χ4v) is 3.92. The smallest absolute Gasteiger partial charge is 1.00 e. The molecule has 0 bridgehead atoms. The van der Waals surface area contributed by atoms with Gasteiger partial charge in [0.15, 0.2) is 0 Å². The zero-order valence-corrected chi connectivity index (χ0v) is 22.5. The molecule has 1 fully saturated rings. The molecule has 3 radical (unpaired) electrons. The largest absolute Gasteiger partial charge is 1.00 e. The summed E-state index contributed by atoms with van der Waals surface area (Å²) in [5, 5.41) is 10.8. The summed E-state index contributed by atoms with van der Waals surface area (Å²) in [5.41, 5.74) is 3.07. The number of hydrogen-bond acceptors (Lipinski definition) is 3.